The van der Waals surface area contributed by atoms with Crippen LogP contribution in [0.15, 0.2) is 60.7 Å². The molecule has 27 heavy (non-hydrogen) atoms. The smallest absolute Gasteiger partial charge is 0.221 e. The molecule has 2 amide bonds. The van der Waals surface area contributed by atoms with E-state index in [9.17, 15) is 9.59 Å². The lowest BCUT2D eigenvalue weighted by atomic mass is 9.88. The van der Waals surface area contributed by atoms with Crippen LogP contribution in [-0.2, 0) is 9.59 Å². The van der Waals surface area contributed by atoms with Gasteiger partial charge in [0.2, 0.25) is 11.8 Å². The average Bonchev–Trinajstić information content (AvgIpc) is 2.70. The average molecular weight is 367 g/mol. The molecule has 144 valence electrons. The zero-order valence-electron chi connectivity index (χ0n) is 16.5. The molecular weight excluding hydrogens is 336 g/mol. The van der Waals surface area contributed by atoms with Crippen LogP contribution in [0.3, 0.4) is 0 Å². The fourth-order valence-corrected chi connectivity index (χ4v) is 3.28. The Morgan fingerprint density at radius 1 is 0.963 bits per heavy atom. The zero-order chi connectivity index (χ0) is 19.6. The molecule has 0 aliphatic carbocycles. The third kappa shape index (κ3) is 6.24. The summed E-state index contributed by atoms with van der Waals surface area (Å²) >= 11 is 0. The maximum Gasteiger partial charge on any atom is 0.221 e. The van der Waals surface area contributed by atoms with Crippen molar-refractivity contribution in [1.82, 2.24) is 10.2 Å². The van der Waals surface area contributed by atoms with Crippen LogP contribution in [0, 0.1) is 0 Å². The van der Waals surface area contributed by atoms with Gasteiger partial charge in [0.25, 0.3) is 0 Å². The van der Waals surface area contributed by atoms with Crippen molar-refractivity contribution < 1.29 is 9.59 Å². The topological polar surface area (TPSA) is 49.4 Å². The molecule has 0 radical (unpaired) electrons. The van der Waals surface area contributed by atoms with Gasteiger partial charge in [0, 0.05) is 38.4 Å². The van der Waals surface area contributed by atoms with Crippen LogP contribution in [0.5, 0.6) is 0 Å². The number of hydrogen-bond acceptors (Lipinski definition) is 2. The molecule has 2 rings (SSSR count). The largest absolute Gasteiger partial charge is 0.354 e. The Balaban J connectivity index is 1.99. The van der Waals surface area contributed by atoms with Gasteiger partial charge < -0.3 is 10.2 Å². The van der Waals surface area contributed by atoms with Crippen molar-refractivity contribution in [3.63, 3.8) is 0 Å². The lowest BCUT2D eigenvalue weighted by Crippen LogP contribution is -2.42. The van der Waals surface area contributed by atoms with Gasteiger partial charge in [-0.1, -0.05) is 67.6 Å². The van der Waals surface area contributed by atoms with Crippen LogP contribution in [0.2, 0.25) is 0 Å². The standard InChI is InChI=1S/C23H30N2O2/c1-4-18(2)25(19(3)26)16-15-24-23(27)17-22(20-11-7-5-8-12-20)21-13-9-6-10-14-21/h5-14,18,22H,4,15-17H2,1-3H3,(H,24,27). The molecule has 0 aromatic heterocycles. The Morgan fingerprint density at radius 2 is 1.48 bits per heavy atom. The third-order valence-corrected chi connectivity index (χ3v) is 5.00. The van der Waals surface area contributed by atoms with Crippen molar-refractivity contribution in [3.05, 3.63) is 71.8 Å². The van der Waals surface area contributed by atoms with Crippen LogP contribution in [0.25, 0.3) is 0 Å². The van der Waals surface area contributed by atoms with E-state index < -0.39 is 0 Å². The second kappa shape index (κ2) is 10.5. The van der Waals surface area contributed by atoms with Crippen molar-refractivity contribution >= 4 is 11.8 Å². The Bertz CT molecular complexity index is 676. The van der Waals surface area contributed by atoms with Gasteiger partial charge in [-0.25, -0.2) is 0 Å². The summed E-state index contributed by atoms with van der Waals surface area (Å²) in [6.07, 6.45) is 1.29. The van der Waals surface area contributed by atoms with E-state index in [0.29, 0.717) is 19.5 Å². The van der Waals surface area contributed by atoms with E-state index in [2.05, 4.69) is 36.5 Å². The molecule has 0 aliphatic rings. The number of benzene rings is 2. The van der Waals surface area contributed by atoms with E-state index in [1.165, 1.54) is 0 Å². The molecule has 0 saturated carbocycles. The molecule has 1 N–H and O–H groups in total. The zero-order valence-corrected chi connectivity index (χ0v) is 16.5. The first-order valence-electron chi connectivity index (χ1n) is 9.66. The van der Waals surface area contributed by atoms with E-state index in [-0.39, 0.29) is 23.8 Å². The molecule has 0 aliphatic heterocycles. The van der Waals surface area contributed by atoms with Crippen molar-refractivity contribution in [3.8, 4) is 0 Å². The fourth-order valence-electron chi connectivity index (χ4n) is 3.28. The summed E-state index contributed by atoms with van der Waals surface area (Å²) < 4.78 is 0. The van der Waals surface area contributed by atoms with Crippen LogP contribution in [0.4, 0.5) is 0 Å². The molecule has 0 saturated heterocycles. The first kappa shape index (κ1) is 20.7. The van der Waals surface area contributed by atoms with Gasteiger partial charge in [0.15, 0.2) is 0 Å². The number of carbonyl (C=O) groups is 2. The fraction of sp³-hybridized carbons (Fsp3) is 0.391. The van der Waals surface area contributed by atoms with Gasteiger partial charge in [-0.2, -0.15) is 0 Å². The predicted octanol–water partition coefficient (Wildman–Crippen LogP) is 3.97. The second-order valence-corrected chi connectivity index (χ2v) is 6.90. The minimum Gasteiger partial charge on any atom is -0.354 e. The van der Waals surface area contributed by atoms with E-state index in [0.717, 1.165) is 17.5 Å². The van der Waals surface area contributed by atoms with Gasteiger partial charge in [-0.3, -0.25) is 9.59 Å². The molecule has 0 fully saturated rings. The van der Waals surface area contributed by atoms with Gasteiger partial charge >= 0.3 is 0 Å². The van der Waals surface area contributed by atoms with Gasteiger partial charge in [-0.15, -0.1) is 0 Å². The highest BCUT2D eigenvalue weighted by molar-refractivity contribution is 5.78. The normalized spacial score (nSPS) is 11.9. The molecule has 2 aromatic rings. The SMILES string of the molecule is CCC(C)N(CCNC(=O)CC(c1ccccc1)c1ccccc1)C(C)=O. The monoisotopic (exact) mass is 366 g/mol. The highest BCUT2D eigenvalue weighted by Crippen LogP contribution is 2.27. The van der Waals surface area contributed by atoms with Crippen LogP contribution >= 0.6 is 0 Å². The van der Waals surface area contributed by atoms with E-state index in [1.54, 1.807) is 6.92 Å². The number of hydrogen-bond donors (Lipinski definition) is 1. The number of rotatable bonds is 9. The Hall–Kier alpha value is -2.62. The highest BCUT2D eigenvalue weighted by atomic mass is 16.2. The molecule has 2 aromatic carbocycles. The van der Waals surface area contributed by atoms with E-state index in [1.807, 2.05) is 48.2 Å². The van der Waals surface area contributed by atoms with Crippen molar-refractivity contribution in [2.75, 3.05) is 13.1 Å². The molecule has 0 spiro atoms. The van der Waals surface area contributed by atoms with Gasteiger partial charge in [0.1, 0.15) is 0 Å². The van der Waals surface area contributed by atoms with Crippen LogP contribution < -0.4 is 5.32 Å². The number of nitrogens with zero attached hydrogens (tertiary/aromatic N) is 1. The van der Waals surface area contributed by atoms with E-state index in [4.69, 9.17) is 0 Å². The lowest BCUT2D eigenvalue weighted by Gasteiger charge is -2.27. The second-order valence-electron chi connectivity index (χ2n) is 6.90. The summed E-state index contributed by atoms with van der Waals surface area (Å²) in [6, 6.07) is 20.4. The third-order valence-electron chi connectivity index (χ3n) is 5.00. The Morgan fingerprint density at radius 3 is 1.93 bits per heavy atom. The van der Waals surface area contributed by atoms with Gasteiger partial charge in [0.05, 0.1) is 0 Å². The minimum absolute atomic E-state index is 0.000333. The summed E-state index contributed by atoms with van der Waals surface area (Å²) in [5.41, 5.74) is 2.26. The molecule has 4 heteroatoms. The Labute approximate surface area is 162 Å². The molecule has 1 unspecified atom stereocenters. The summed E-state index contributed by atoms with van der Waals surface area (Å²) in [7, 11) is 0. The van der Waals surface area contributed by atoms with E-state index >= 15 is 0 Å². The predicted molar refractivity (Wildman–Crippen MR) is 109 cm³/mol. The number of carbonyl (C=O) groups excluding carboxylic acids is 2. The van der Waals surface area contributed by atoms with Gasteiger partial charge in [-0.05, 0) is 24.5 Å². The first-order chi connectivity index (χ1) is 13.0. The summed E-state index contributed by atoms with van der Waals surface area (Å²) in [4.78, 5) is 26.2. The molecule has 0 bridgehead atoms. The lowest BCUT2D eigenvalue weighted by molar-refractivity contribution is -0.131. The maximum absolute atomic E-state index is 12.6. The summed E-state index contributed by atoms with van der Waals surface area (Å²) in [5.74, 6) is 0.0660. The van der Waals surface area contributed by atoms with Crippen molar-refractivity contribution in [2.24, 2.45) is 0 Å². The number of amides is 2. The molecule has 0 heterocycles. The van der Waals surface area contributed by atoms with Crippen molar-refractivity contribution in [2.45, 2.75) is 45.6 Å². The summed E-state index contributed by atoms with van der Waals surface area (Å²) in [6.45, 7) is 6.68. The minimum atomic E-state index is 0.000333. The van der Waals surface area contributed by atoms with Crippen molar-refractivity contribution in [1.29, 1.82) is 0 Å². The number of nitrogens with one attached hydrogen (secondary N) is 1. The highest BCUT2D eigenvalue weighted by Gasteiger charge is 2.19. The summed E-state index contributed by atoms with van der Waals surface area (Å²) in [5, 5.41) is 2.98. The molecular formula is C23H30N2O2. The quantitative estimate of drug-likeness (QED) is 0.730. The molecule has 4 nitrogen and oxygen atoms in total. The maximum atomic E-state index is 12.6. The first-order valence-corrected chi connectivity index (χ1v) is 9.66. The van der Waals surface area contributed by atoms with Crippen LogP contribution in [-0.4, -0.2) is 35.8 Å². The van der Waals surface area contributed by atoms with Crippen LogP contribution in [0.1, 0.15) is 50.7 Å². The Kier molecular flexibility index (Phi) is 8.05. The molecule has 1 atom stereocenters.